The van der Waals surface area contributed by atoms with Crippen LogP contribution in [0.25, 0.3) is 0 Å². The molecular formula is C13H13N3O3S. The van der Waals surface area contributed by atoms with Crippen LogP contribution >= 0.6 is 0 Å². The molecule has 0 saturated carbocycles. The number of H-pyrrole nitrogens is 1. The van der Waals surface area contributed by atoms with E-state index in [2.05, 4.69) is 26.8 Å². The van der Waals surface area contributed by atoms with Crippen molar-refractivity contribution in [3.63, 3.8) is 0 Å². The van der Waals surface area contributed by atoms with Crippen LogP contribution in [0.5, 0.6) is 0 Å². The zero-order chi connectivity index (χ0) is 14.4. The van der Waals surface area contributed by atoms with E-state index in [4.69, 9.17) is 5.11 Å². The Balaban J connectivity index is 2.10. The number of aliphatic hydroxyl groups excluding tert-OH is 1. The van der Waals surface area contributed by atoms with E-state index >= 15 is 0 Å². The Labute approximate surface area is 116 Å². The Bertz CT molecular complexity index is 710. The summed E-state index contributed by atoms with van der Waals surface area (Å²) in [5.41, 5.74) is 1.19. The van der Waals surface area contributed by atoms with Gasteiger partial charge in [-0.1, -0.05) is 11.8 Å². The summed E-state index contributed by atoms with van der Waals surface area (Å²) in [6, 6.07) is 8.02. The molecule has 0 bridgehead atoms. The van der Waals surface area contributed by atoms with E-state index in [1.807, 2.05) is 0 Å². The fourth-order valence-corrected chi connectivity index (χ4v) is 2.41. The first-order valence-electron chi connectivity index (χ1n) is 5.84. The number of hydrogen-bond acceptors (Lipinski definition) is 4. The second-order valence-corrected chi connectivity index (χ2v) is 5.53. The fourth-order valence-electron chi connectivity index (χ4n) is 1.44. The summed E-state index contributed by atoms with van der Waals surface area (Å²) >= 11 is 0. The summed E-state index contributed by atoms with van der Waals surface area (Å²) in [6.07, 6.45) is 1.78. The smallest absolute Gasteiger partial charge is 0.278 e. The van der Waals surface area contributed by atoms with E-state index in [0.29, 0.717) is 12.1 Å². The minimum Gasteiger partial charge on any atom is -0.395 e. The minimum atomic E-state index is -3.64. The van der Waals surface area contributed by atoms with Crippen molar-refractivity contribution in [2.24, 2.45) is 0 Å². The highest BCUT2D eigenvalue weighted by Gasteiger charge is 2.14. The maximum Gasteiger partial charge on any atom is 0.278 e. The number of rotatable bonds is 4. The van der Waals surface area contributed by atoms with Crippen LogP contribution in [0.2, 0.25) is 0 Å². The molecule has 1 aromatic heterocycles. The third-order valence-corrected chi connectivity index (χ3v) is 3.68. The number of nitrogens with one attached hydrogen (secondary N) is 2. The van der Waals surface area contributed by atoms with Crippen molar-refractivity contribution >= 4 is 15.7 Å². The molecule has 1 aromatic carbocycles. The van der Waals surface area contributed by atoms with Crippen LogP contribution in [0.4, 0.5) is 5.69 Å². The van der Waals surface area contributed by atoms with Gasteiger partial charge in [-0.15, -0.1) is 0 Å². The third-order valence-electron chi connectivity index (χ3n) is 2.37. The lowest BCUT2D eigenvalue weighted by molar-refractivity contribution is 0.305. The van der Waals surface area contributed by atoms with Gasteiger partial charge in [-0.3, -0.25) is 9.82 Å². The van der Waals surface area contributed by atoms with Crippen molar-refractivity contribution in [3.8, 4) is 11.8 Å². The fraction of sp³-hybridized carbons (Fsp3) is 0.154. The highest BCUT2D eigenvalue weighted by Crippen LogP contribution is 2.14. The Hall–Kier alpha value is -2.30. The number of aromatic nitrogens is 2. The first-order chi connectivity index (χ1) is 9.62. The summed E-state index contributed by atoms with van der Waals surface area (Å²) in [4.78, 5) is 0. The van der Waals surface area contributed by atoms with Gasteiger partial charge < -0.3 is 5.11 Å². The van der Waals surface area contributed by atoms with E-state index in [0.717, 1.165) is 5.56 Å². The first-order valence-corrected chi connectivity index (χ1v) is 7.32. The van der Waals surface area contributed by atoms with Gasteiger partial charge in [0.2, 0.25) is 0 Å². The molecule has 2 aromatic rings. The molecule has 104 valence electrons. The summed E-state index contributed by atoms with van der Waals surface area (Å²) < 4.78 is 26.3. The van der Waals surface area contributed by atoms with Crippen molar-refractivity contribution in [2.45, 2.75) is 11.4 Å². The van der Waals surface area contributed by atoms with Crippen LogP contribution in [-0.2, 0) is 10.0 Å². The number of sulfonamides is 1. The molecular weight excluding hydrogens is 278 g/mol. The van der Waals surface area contributed by atoms with Crippen molar-refractivity contribution in [1.29, 1.82) is 0 Å². The van der Waals surface area contributed by atoms with Crippen molar-refractivity contribution in [3.05, 3.63) is 42.1 Å². The van der Waals surface area contributed by atoms with E-state index in [-0.39, 0.29) is 11.6 Å². The quantitative estimate of drug-likeness (QED) is 0.731. The number of nitrogens with zero attached hydrogens (tertiary/aromatic N) is 1. The number of benzene rings is 1. The zero-order valence-electron chi connectivity index (χ0n) is 10.5. The molecule has 0 radical (unpaired) electrons. The summed E-state index contributed by atoms with van der Waals surface area (Å²) in [6.45, 7) is 0.0229. The Morgan fingerprint density at radius 3 is 2.60 bits per heavy atom. The number of hydrogen-bond donors (Lipinski definition) is 3. The van der Waals surface area contributed by atoms with Gasteiger partial charge in [0.15, 0.2) is 5.03 Å². The minimum absolute atomic E-state index is 0.00399. The molecule has 0 amide bonds. The molecule has 0 aliphatic heterocycles. The lowest BCUT2D eigenvalue weighted by Crippen LogP contribution is -2.13. The molecule has 0 spiro atoms. The van der Waals surface area contributed by atoms with Gasteiger partial charge in [-0.25, -0.2) is 0 Å². The third kappa shape index (κ3) is 3.60. The van der Waals surface area contributed by atoms with E-state index < -0.39 is 10.0 Å². The molecule has 1 heterocycles. The van der Waals surface area contributed by atoms with Gasteiger partial charge in [0.25, 0.3) is 10.0 Å². The number of aromatic amines is 1. The molecule has 2 rings (SSSR count). The second-order valence-electron chi connectivity index (χ2n) is 3.88. The van der Waals surface area contributed by atoms with Crippen molar-refractivity contribution in [1.82, 2.24) is 10.2 Å². The summed E-state index contributed by atoms with van der Waals surface area (Å²) in [5.74, 6) is 5.65. The highest BCUT2D eigenvalue weighted by atomic mass is 32.2. The molecule has 20 heavy (non-hydrogen) atoms. The van der Waals surface area contributed by atoms with Crippen LogP contribution in [0.15, 0.2) is 41.6 Å². The SMILES string of the molecule is O=S(=O)(Nc1ccc(C#CCCO)cc1)c1ccn[nH]1. The molecule has 3 N–H and O–H groups in total. The maximum atomic E-state index is 11.9. The summed E-state index contributed by atoms with van der Waals surface area (Å²) in [5, 5.41) is 14.6. The first kappa shape index (κ1) is 14.1. The molecule has 0 aliphatic carbocycles. The van der Waals surface area contributed by atoms with Gasteiger partial charge in [-0.05, 0) is 30.3 Å². The van der Waals surface area contributed by atoms with Crippen LogP contribution in [0, 0.1) is 11.8 Å². The molecule has 7 heteroatoms. The Morgan fingerprint density at radius 1 is 1.25 bits per heavy atom. The molecule has 0 atom stereocenters. The maximum absolute atomic E-state index is 11.9. The van der Waals surface area contributed by atoms with Crippen LogP contribution in [-0.4, -0.2) is 30.3 Å². The predicted octanol–water partition coefficient (Wildman–Crippen LogP) is 0.944. The average Bonchev–Trinajstić information content (AvgIpc) is 2.95. The molecule has 6 nitrogen and oxygen atoms in total. The van der Waals surface area contributed by atoms with E-state index in [1.54, 1.807) is 24.3 Å². The van der Waals surface area contributed by atoms with E-state index in [9.17, 15) is 8.42 Å². The molecule has 0 aliphatic rings. The van der Waals surface area contributed by atoms with Crippen molar-refractivity contribution < 1.29 is 13.5 Å². The monoisotopic (exact) mass is 291 g/mol. The molecule has 0 unspecified atom stereocenters. The van der Waals surface area contributed by atoms with Gasteiger partial charge in [0.05, 0.1) is 12.8 Å². The molecule has 0 saturated heterocycles. The van der Waals surface area contributed by atoms with Crippen LogP contribution < -0.4 is 4.72 Å². The largest absolute Gasteiger partial charge is 0.395 e. The van der Waals surface area contributed by atoms with Gasteiger partial charge in [0.1, 0.15) is 0 Å². The Kier molecular flexibility index (Phi) is 4.40. The average molecular weight is 291 g/mol. The standard InChI is InChI=1S/C13H13N3O3S/c17-10-2-1-3-11-4-6-12(7-5-11)16-20(18,19)13-8-9-14-15-13/h4-9,16-17H,2,10H2,(H,14,15). The van der Waals surface area contributed by atoms with Crippen LogP contribution in [0.1, 0.15) is 12.0 Å². The normalized spacial score (nSPS) is 10.7. The molecule has 0 fully saturated rings. The van der Waals surface area contributed by atoms with Crippen LogP contribution in [0.3, 0.4) is 0 Å². The Morgan fingerprint density at radius 2 is 2.00 bits per heavy atom. The topological polar surface area (TPSA) is 95.1 Å². The van der Waals surface area contributed by atoms with Gasteiger partial charge in [0, 0.05) is 17.7 Å². The number of anilines is 1. The summed E-state index contributed by atoms with van der Waals surface area (Å²) in [7, 11) is -3.64. The lowest BCUT2D eigenvalue weighted by Gasteiger charge is -2.05. The predicted molar refractivity (Wildman–Crippen MR) is 74.4 cm³/mol. The zero-order valence-corrected chi connectivity index (χ0v) is 11.3. The van der Waals surface area contributed by atoms with E-state index in [1.165, 1.54) is 12.3 Å². The van der Waals surface area contributed by atoms with Gasteiger partial charge >= 0.3 is 0 Å². The number of aliphatic hydroxyl groups is 1. The second kappa shape index (κ2) is 6.23. The van der Waals surface area contributed by atoms with Crippen molar-refractivity contribution in [2.75, 3.05) is 11.3 Å². The highest BCUT2D eigenvalue weighted by molar-refractivity contribution is 7.92. The lowest BCUT2D eigenvalue weighted by atomic mass is 10.2. The van der Waals surface area contributed by atoms with Gasteiger partial charge in [-0.2, -0.15) is 13.5 Å².